The lowest BCUT2D eigenvalue weighted by Crippen LogP contribution is -2.45. The molecule has 0 saturated carbocycles. The van der Waals surface area contributed by atoms with Crippen molar-refractivity contribution in [2.24, 2.45) is 4.99 Å². The molecule has 0 bridgehead atoms. The Morgan fingerprint density at radius 3 is 2.54 bits per heavy atom. The highest BCUT2D eigenvalue weighted by atomic mass is 19.1. The monoisotopic (exact) mass is 353 g/mol. The van der Waals surface area contributed by atoms with Gasteiger partial charge >= 0.3 is 0 Å². The van der Waals surface area contributed by atoms with E-state index in [1.54, 1.807) is 23.7 Å². The number of aliphatic imine (C=N–C) groups is 1. The Balaban J connectivity index is 2.05. The molecule has 5 heteroatoms. The predicted octanol–water partition coefficient (Wildman–Crippen LogP) is 4.56. The van der Waals surface area contributed by atoms with Crippen molar-refractivity contribution in [2.75, 3.05) is 6.54 Å². The van der Waals surface area contributed by atoms with Gasteiger partial charge in [0, 0.05) is 29.4 Å². The minimum absolute atomic E-state index is 0.371. The van der Waals surface area contributed by atoms with Gasteiger partial charge in [-0.25, -0.2) is 13.8 Å². The van der Waals surface area contributed by atoms with Crippen LogP contribution in [0.2, 0.25) is 0 Å². The Morgan fingerprint density at radius 2 is 1.92 bits per heavy atom. The molecule has 3 nitrogen and oxygen atoms in total. The molecular formula is C21H21F2N3. The lowest BCUT2D eigenvalue weighted by atomic mass is 9.73. The van der Waals surface area contributed by atoms with Crippen LogP contribution in [0.25, 0.3) is 5.57 Å². The second kappa shape index (κ2) is 7.12. The third-order valence-corrected chi connectivity index (χ3v) is 4.69. The largest absolute Gasteiger partial charge is 0.303 e. The molecule has 0 spiro atoms. The highest BCUT2D eigenvalue weighted by molar-refractivity contribution is 5.74. The molecule has 0 radical (unpaired) electrons. The van der Waals surface area contributed by atoms with E-state index >= 15 is 0 Å². The van der Waals surface area contributed by atoms with Crippen LogP contribution in [0.5, 0.6) is 0 Å². The van der Waals surface area contributed by atoms with Crippen LogP contribution in [0.1, 0.15) is 23.6 Å². The van der Waals surface area contributed by atoms with E-state index in [9.17, 15) is 8.78 Å². The van der Waals surface area contributed by atoms with Gasteiger partial charge in [0.1, 0.15) is 18.0 Å². The molecule has 26 heavy (non-hydrogen) atoms. The first-order chi connectivity index (χ1) is 12.4. The number of hydrazine groups is 1. The normalized spacial score (nSPS) is 15.5. The van der Waals surface area contributed by atoms with Gasteiger partial charge in [-0.2, -0.15) is 0 Å². The summed E-state index contributed by atoms with van der Waals surface area (Å²) >= 11 is 0. The fourth-order valence-corrected chi connectivity index (χ4v) is 3.10. The van der Waals surface area contributed by atoms with Crippen LogP contribution in [0.4, 0.5) is 8.78 Å². The summed E-state index contributed by atoms with van der Waals surface area (Å²) in [7, 11) is 0. The van der Waals surface area contributed by atoms with E-state index in [4.69, 9.17) is 0 Å². The van der Waals surface area contributed by atoms with E-state index in [0.717, 1.165) is 22.8 Å². The summed E-state index contributed by atoms with van der Waals surface area (Å²) < 4.78 is 28.1. The zero-order valence-corrected chi connectivity index (χ0v) is 14.8. The van der Waals surface area contributed by atoms with E-state index in [1.807, 2.05) is 38.1 Å². The summed E-state index contributed by atoms with van der Waals surface area (Å²) in [5, 5.41) is 1.75. The van der Waals surface area contributed by atoms with Crippen LogP contribution in [-0.2, 0) is 5.41 Å². The van der Waals surface area contributed by atoms with Crippen molar-refractivity contribution in [3.63, 3.8) is 0 Å². The summed E-state index contributed by atoms with van der Waals surface area (Å²) in [5.41, 5.74) is 5.41. The Labute approximate surface area is 152 Å². The van der Waals surface area contributed by atoms with Crippen LogP contribution in [0, 0.1) is 18.6 Å². The SMILES string of the molecule is C=C(c1ccc(C)cc1)C(C)(CN1C=NC=CN1)c1ccc(F)cc1F. The van der Waals surface area contributed by atoms with Gasteiger partial charge in [0.15, 0.2) is 0 Å². The van der Waals surface area contributed by atoms with Gasteiger partial charge in [-0.05, 0) is 31.1 Å². The first-order valence-electron chi connectivity index (χ1n) is 8.33. The summed E-state index contributed by atoms with van der Waals surface area (Å²) in [4.78, 5) is 4.09. The van der Waals surface area contributed by atoms with Crippen LogP contribution in [0.15, 0.2) is 66.4 Å². The number of benzene rings is 2. The molecule has 1 unspecified atom stereocenters. The summed E-state index contributed by atoms with van der Waals surface area (Å²) in [6.45, 7) is 8.53. The molecule has 0 fully saturated rings. The number of halogens is 2. The van der Waals surface area contributed by atoms with Gasteiger partial charge in [0.25, 0.3) is 0 Å². The van der Waals surface area contributed by atoms with Gasteiger partial charge in [0.2, 0.25) is 0 Å². The Bertz CT molecular complexity index is 871. The topological polar surface area (TPSA) is 27.6 Å². The molecule has 0 aromatic heterocycles. The van der Waals surface area contributed by atoms with Crippen molar-refractivity contribution in [1.82, 2.24) is 10.4 Å². The summed E-state index contributed by atoms with van der Waals surface area (Å²) in [6.07, 6.45) is 4.94. The minimum atomic E-state index is -0.808. The smallest absolute Gasteiger partial charge is 0.130 e. The molecule has 0 aliphatic carbocycles. The molecule has 0 amide bonds. The van der Waals surface area contributed by atoms with E-state index in [1.165, 1.54) is 12.1 Å². The highest BCUT2D eigenvalue weighted by Gasteiger charge is 2.35. The number of hydrogen-bond donors (Lipinski definition) is 1. The molecule has 1 aliphatic heterocycles. The fraction of sp³-hybridized carbons (Fsp3) is 0.190. The fourth-order valence-electron chi connectivity index (χ4n) is 3.10. The molecule has 1 N–H and O–H groups in total. The number of nitrogens with one attached hydrogen (secondary N) is 1. The molecule has 2 aromatic rings. The third kappa shape index (κ3) is 3.52. The quantitative estimate of drug-likeness (QED) is 0.853. The van der Waals surface area contributed by atoms with Crippen LogP contribution in [0.3, 0.4) is 0 Å². The first kappa shape index (κ1) is 17.9. The van der Waals surface area contributed by atoms with Crippen molar-refractivity contribution in [1.29, 1.82) is 0 Å². The Kier molecular flexibility index (Phi) is 4.89. The molecule has 1 atom stereocenters. The molecule has 2 aromatic carbocycles. The van der Waals surface area contributed by atoms with Crippen molar-refractivity contribution in [3.8, 4) is 0 Å². The van der Waals surface area contributed by atoms with Crippen molar-refractivity contribution in [3.05, 3.63) is 89.8 Å². The second-order valence-corrected chi connectivity index (χ2v) is 6.64. The van der Waals surface area contributed by atoms with Crippen LogP contribution >= 0.6 is 0 Å². The molecule has 134 valence electrons. The van der Waals surface area contributed by atoms with Crippen molar-refractivity contribution < 1.29 is 8.78 Å². The maximum atomic E-state index is 14.7. The van der Waals surface area contributed by atoms with Gasteiger partial charge in [0.05, 0.1) is 6.54 Å². The lowest BCUT2D eigenvalue weighted by Gasteiger charge is -2.37. The van der Waals surface area contributed by atoms with Crippen LogP contribution in [-0.4, -0.2) is 17.9 Å². The third-order valence-electron chi connectivity index (χ3n) is 4.69. The molecule has 1 heterocycles. The molecule has 1 aliphatic rings. The van der Waals surface area contributed by atoms with Gasteiger partial charge in [-0.3, -0.25) is 5.01 Å². The van der Waals surface area contributed by atoms with Gasteiger partial charge < -0.3 is 5.43 Å². The van der Waals surface area contributed by atoms with Crippen LogP contribution < -0.4 is 5.43 Å². The summed E-state index contributed by atoms with van der Waals surface area (Å²) in [5.74, 6) is -1.19. The van der Waals surface area contributed by atoms with E-state index in [-0.39, 0.29) is 0 Å². The Morgan fingerprint density at radius 1 is 1.19 bits per heavy atom. The van der Waals surface area contributed by atoms with Gasteiger partial charge in [-0.1, -0.05) is 42.5 Å². The average molecular weight is 353 g/mol. The molecular weight excluding hydrogens is 332 g/mol. The van der Waals surface area contributed by atoms with Gasteiger partial charge in [-0.15, -0.1) is 0 Å². The lowest BCUT2D eigenvalue weighted by molar-refractivity contribution is 0.309. The standard InChI is InChI=1S/C21H21F2N3/c1-15-4-6-17(7-5-15)16(2)21(3,13-26-14-24-10-11-25-26)19-9-8-18(22)12-20(19)23/h4-12,14,25H,2,13H2,1,3H3. The molecule has 3 rings (SSSR count). The van der Waals surface area contributed by atoms with Crippen molar-refractivity contribution >= 4 is 11.9 Å². The number of hydrogen-bond acceptors (Lipinski definition) is 3. The maximum Gasteiger partial charge on any atom is 0.130 e. The first-order valence-corrected chi connectivity index (χ1v) is 8.33. The van der Waals surface area contributed by atoms with E-state index in [2.05, 4.69) is 17.0 Å². The maximum absolute atomic E-state index is 14.7. The zero-order valence-electron chi connectivity index (χ0n) is 14.8. The summed E-state index contributed by atoms with van der Waals surface area (Å²) in [6, 6.07) is 11.6. The van der Waals surface area contributed by atoms with Crippen molar-refractivity contribution in [2.45, 2.75) is 19.3 Å². The number of aryl methyl sites for hydroxylation is 1. The van der Waals surface area contributed by atoms with E-state index in [0.29, 0.717) is 12.1 Å². The minimum Gasteiger partial charge on any atom is -0.303 e. The number of rotatable bonds is 5. The number of nitrogens with zero attached hydrogens (tertiary/aromatic N) is 2. The predicted molar refractivity (Wildman–Crippen MR) is 101 cm³/mol. The Hall–Kier alpha value is -2.95. The van der Waals surface area contributed by atoms with E-state index < -0.39 is 17.0 Å². The second-order valence-electron chi connectivity index (χ2n) is 6.64. The molecule has 0 saturated heterocycles. The highest BCUT2D eigenvalue weighted by Crippen LogP contribution is 2.39. The average Bonchev–Trinajstić information content (AvgIpc) is 2.62. The zero-order chi connectivity index (χ0) is 18.7.